The van der Waals surface area contributed by atoms with Crippen LogP contribution in [0.1, 0.15) is 75.2 Å². The van der Waals surface area contributed by atoms with Gasteiger partial charge in [-0.05, 0) is 81.7 Å². The number of hydrogen-bond acceptors (Lipinski definition) is 10. The molecular weight excluding hydrogens is 480 g/mol. The van der Waals surface area contributed by atoms with E-state index in [1.54, 1.807) is 62.3 Å². The molecule has 0 unspecified atom stereocenters. The minimum Gasteiger partial charge on any atom is -0.480 e. The Hall–Kier alpha value is -3.09. The summed E-state index contributed by atoms with van der Waals surface area (Å²) >= 11 is 0. The van der Waals surface area contributed by atoms with Crippen LogP contribution in [0.3, 0.4) is 0 Å². The summed E-state index contributed by atoms with van der Waals surface area (Å²) in [5.74, 6) is -1.70. The zero-order valence-electron chi connectivity index (χ0n) is 22.5. The van der Waals surface area contributed by atoms with E-state index in [1.807, 2.05) is 0 Å². The number of carbonyl (C=O) groups is 5. The van der Waals surface area contributed by atoms with E-state index >= 15 is 0 Å². The average Bonchev–Trinajstić information content (AvgIpc) is 2.45. The van der Waals surface area contributed by atoms with Gasteiger partial charge in [0.15, 0.2) is 0 Å². The first-order valence-electron chi connectivity index (χ1n) is 11.4. The molecule has 2 aliphatic heterocycles. The molecule has 3 N–H and O–H groups in total. The first-order valence-corrected chi connectivity index (χ1v) is 11.4. The number of nitrogens with one attached hydrogen (secondary N) is 1. The SMILES string of the molecule is CC(C)(C)OC(=O)N1CC[C@@H]1C(=O)O.CC(C)(C)OC(=O)OC(=O)OC(C)(C)C.O=C(O)[C@H]1CCN1. The third-order valence-corrected chi connectivity index (χ3v) is 4.00. The quantitative estimate of drug-likeness (QED) is 0.275. The van der Waals surface area contributed by atoms with Gasteiger partial charge in [0.25, 0.3) is 0 Å². The predicted octanol–water partition coefficient (Wildman–Crippen LogP) is 3.39. The summed E-state index contributed by atoms with van der Waals surface area (Å²) in [6.07, 6.45) is -1.37. The van der Waals surface area contributed by atoms with Crippen LogP contribution in [-0.2, 0) is 28.5 Å². The molecular formula is C23H40N2O11. The topological polar surface area (TPSA) is 178 Å². The van der Waals surface area contributed by atoms with Crippen molar-refractivity contribution in [3.8, 4) is 0 Å². The van der Waals surface area contributed by atoms with Gasteiger partial charge in [-0.1, -0.05) is 0 Å². The Bertz CT molecular complexity index is 761. The number of nitrogens with zero attached hydrogens (tertiary/aromatic N) is 1. The molecule has 0 aliphatic carbocycles. The largest absolute Gasteiger partial charge is 0.519 e. The summed E-state index contributed by atoms with van der Waals surface area (Å²) in [4.78, 5) is 55.2. The maximum Gasteiger partial charge on any atom is 0.519 e. The molecule has 2 saturated heterocycles. The molecule has 2 heterocycles. The van der Waals surface area contributed by atoms with E-state index in [-0.39, 0.29) is 6.04 Å². The molecule has 0 aromatic rings. The fourth-order valence-corrected chi connectivity index (χ4v) is 2.29. The molecule has 0 spiro atoms. The van der Waals surface area contributed by atoms with Crippen LogP contribution >= 0.6 is 0 Å². The van der Waals surface area contributed by atoms with E-state index in [2.05, 4.69) is 10.1 Å². The van der Waals surface area contributed by atoms with Crippen LogP contribution in [0.15, 0.2) is 0 Å². The lowest BCUT2D eigenvalue weighted by atomic mass is 10.0. The van der Waals surface area contributed by atoms with Crippen molar-refractivity contribution < 1.29 is 53.1 Å². The van der Waals surface area contributed by atoms with Crippen LogP contribution < -0.4 is 5.32 Å². The van der Waals surface area contributed by atoms with Gasteiger partial charge in [0.05, 0.1) is 0 Å². The van der Waals surface area contributed by atoms with Gasteiger partial charge < -0.3 is 34.5 Å². The van der Waals surface area contributed by atoms with Crippen molar-refractivity contribution in [2.75, 3.05) is 13.1 Å². The van der Waals surface area contributed by atoms with Gasteiger partial charge in [0, 0.05) is 6.54 Å². The summed E-state index contributed by atoms with van der Waals surface area (Å²) in [6.45, 7) is 16.6. The Morgan fingerprint density at radius 2 is 1.14 bits per heavy atom. The van der Waals surface area contributed by atoms with E-state index in [9.17, 15) is 24.0 Å². The van der Waals surface area contributed by atoms with Crippen LogP contribution in [0, 0.1) is 0 Å². The molecule has 36 heavy (non-hydrogen) atoms. The molecule has 13 heteroatoms. The minimum atomic E-state index is -1.06. The Kier molecular flexibility index (Phi) is 12.1. The van der Waals surface area contributed by atoms with E-state index in [0.717, 1.165) is 13.0 Å². The highest BCUT2D eigenvalue weighted by Gasteiger charge is 2.39. The molecule has 0 radical (unpaired) electrons. The zero-order chi connectivity index (χ0) is 28.5. The van der Waals surface area contributed by atoms with Gasteiger partial charge in [-0.3, -0.25) is 9.69 Å². The Balaban J connectivity index is 0.000000541. The first kappa shape index (κ1) is 32.9. The van der Waals surface area contributed by atoms with Crippen LogP contribution in [-0.4, -0.2) is 87.4 Å². The molecule has 2 atom stereocenters. The molecule has 13 nitrogen and oxygen atoms in total. The van der Waals surface area contributed by atoms with Crippen LogP contribution in [0.2, 0.25) is 0 Å². The van der Waals surface area contributed by atoms with Gasteiger partial charge >= 0.3 is 30.3 Å². The lowest BCUT2D eigenvalue weighted by Crippen LogP contribution is -2.56. The summed E-state index contributed by atoms with van der Waals surface area (Å²) in [5, 5.41) is 19.6. The van der Waals surface area contributed by atoms with Crippen molar-refractivity contribution in [1.29, 1.82) is 0 Å². The highest BCUT2D eigenvalue weighted by Crippen LogP contribution is 2.21. The van der Waals surface area contributed by atoms with E-state index in [4.69, 9.17) is 24.4 Å². The molecule has 0 bridgehead atoms. The molecule has 2 rings (SSSR count). The number of ether oxygens (including phenoxy) is 4. The second-order valence-electron chi connectivity index (χ2n) is 11.0. The third kappa shape index (κ3) is 15.0. The Morgan fingerprint density at radius 3 is 1.33 bits per heavy atom. The average molecular weight is 521 g/mol. The van der Waals surface area contributed by atoms with E-state index < -0.39 is 53.2 Å². The van der Waals surface area contributed by atoms with Crippen LogP contribution in [0.5, 0.6) is 0 Å². The second kappa shape index (κ2) is 13.3. The van der Waals surface area contributed by atoms with Crippen molar-refractivity contribution in [2.45, 2.75) is 104 Å². The number of hydrogen-bond donors (Lipinski definition) is 3. The summed E-state index contributed by atoms with van der Waals surface area (Å²) in [5.41, 5.74) is -1.96. The monoisotopic (exact) mass is 520 g/mol. The van der Waals surface area contributed by atoms with Crippen molar-refractivity contribution in [3.05, 3.63) is 0 Å². The number of aliphatic carboxylic acids is 2. The van der Waals surface area contributed by atoms with Gasteiger partial charge in [0.2, 0.25) is 0 Å². The van der Waals surface area contributed by atoms with Crippen molar-refractivity contribution in [1.82, 2.24) is 10.2 Å². The molecule has 0 saturated carbocycles. The molecule has 1 amide bonds. The van der Waals surface area contributed by atoms with Crippen molar-refractivity contribution >= 4 is 30.3 Å². The number of carboxylic acid groups (broad SMARTS) is 2. The van der Waals surface area contributed by atoms with Gasteiger partial charge in [0.1, 0.15) is 28.9 Å². The van der Waals surface area contributed by atoms with E-state index in [0.29, 0.717) is 13.0 Å². The summed E-state index contributed by atoms with van der Waals surface area (Å²) in [6, 6.07) is -0.954. The highest BCUT2D eigenvalue weighted by atomic mass is 16.8. The second-order valence-corrected chi connectivity index (χ2v) is 11.0. The highest BCUT2D eigenvalue weighted by molar-refractivity contribution is 5.82. The van der Waals surface area contributed by atoms with Crippen molar-refractivity contribution in [2.24, 2.45) is 0 Å². The van der Waals surface area contributed by atoms with Crippen LogP contribution in [0.4, 0.5) is 14.4 Å². The molecule has 2 fully saturated rings. The third-order valence-electron chi connectivity index (χ3n) is 4.00. The summed E-state index contributed by atoms with van der Waals surface area (Å²) in [7, 11) is 0. The minimum absolute atomic E-state index is 0.250. The lowest BCUT2D eigenvalue weighted by molar-refractivity contribution is -0.147. The molecule has 0 aromatic carbocycles. The molecule has 208 valence electrons. The van der Waals surface area contributed by atoms with Gasteiger partial charge in [-0.15, -0.1) is 0 Å². The van der Waals surface area contributed by atoms with Gasteiger partial charge in [-0.2, -0.15) is 0 Å². The number of carbonyl (C=O) groups excluding carboxylic acids is 3. The van der Waals surface area contributed by atoms with Crippen LogP contribution in [0.25, 0.3) is 0 Å². The molecule has 0 aromatic heterocycles. The normalized spacial score (nSPS) is 18.9. The number of likely N-dealkylation sites (tertiary alicyclic amines) is 1. The fourth-order valence-electron chi connectivity index (χ4n) is 2.29. The van der Waals surface area contributed by atoms with Gasteiger partial charge in [-0.25, -0.2) is 19.2 Å². The Labute approximate surface area is 211 Å². The number of carboxylic acids is 2. The smallest absolute Gasteiger partial charge is 0.480 e. The maximum atomic E-state index is 11.4. The predicted molar refractivity (Wildman–Crippen MR) is 127 cm³/mol. The lowest BCUT2D eigenvalue weighted by Gasteiger charge is -2.38. The molecule has 2 aliphatic rings. The number of amides is 1. The van der Waals surface area contributed by atoms with E-state index in [1.165, 1.54) is 4.90 Å². The zero-order valence-corrected chi connectivity index (χ0v) is 22.5. The fraction of sp³-hybridized carbons (Fsp3) is 0.783. The van der Waals surface area contributed by atoms with Crippen molar-refractivity contribution in [3.63, 3.8) is 0 Å². The summed E-state index contributed by atoms with van der Waals surface area (Å²) < 4.78 is 18.8. The maximum absolute atomic E-state index is 11.4. The standard InChI is InChI=1S/C10H18O5.C9H15NO4.C4H7NO2/c1-9(2,3)14-7(11)13-8(12)15-10(4,5)6;1-9(2,3)14-8(13)10-5-4-6(10)7(11)12;6-4(7)3-1-2-5-3/h1-6H3;6H,4-5H2,1-3H3,(H,11,12);3,5H,1-2H2,(H,6,7)/t;6-;3-/m.11/s1. The number of rotatable bonds is 2. The Morgan fingerprint density at radius 1 is 0.722 bits per heavy atom. The first-order chi connectivity index (χ1) is 16.1.